The summed E-state index contributed by atoms with van der Waals surface area (Å²) in [6.45, 7) is 6.03. The van der Waals surface area contributed by atoms with E-state index in [1.165, 1.54) is 29.1 Å². The smallest absolute Gasteiger partial charge is 0.107 e. The maximum absolute atomic E-state index is 5.35. The summed E-state index contributed by atoms with van der Waals surface area (Å²) in [5.41, 5.74) is 0. The van der Waals surface area contributed by atoms with Crippen molar-refractivity contribution in [2.24, 2.45) is 5.92 Å². The number of ether oxygens (including phenoxy) is 1. The Kier molecular flexibility index (Phi) is 4.75. The molecule has 0 amide bonds. The Balaban J connectivity index is 1.57. The standard InChI is InChI=1S/C12H20N2OS/c1-10-8-14-12(16-10)9-13-5-2-11-3-6-15-7-4-11/h8,11,13H,2-7,9H2,1H3. The molecule has 90 valence electrons. The average molecular weight is 240 g/mol. The number of aryl methyl sites for hydroxylation is 1. The van der Waals surface area contributed by atoms with Crippen molar-refractivity contribution < 1.29 is 4.74 Å². The van der Waals surface area contributed by atoms with Crippen LogP contribution in [-0.2, 0) is 11.3 Å². The molecule has 0 bridgehead atoms. The zero-order chi connectivity index (χ0) is 11.2. The third kappa shape index (κ3) is 3.85. The molecule has 0 aliphatic carbocycles. The quantitative estimate of drug-likeness (QED) is 0.802. The molecule has 3 nitrogen and oxygen atoms in total. The Morgan fingerprint density at radius 1 is 1.50 bits per heavy atom. The van der Waals surface area contributed by atoms with Gasteiger partial charge in [-0.15, -0.1) is 11.3 Å². The largest absolute Gasteiger partial charge is 0.381 e. The maximum atomic E-state index is 5.35. The fourth-order valence-corrected chi connectivity index (χ4v) is 2.78. The van der Waals surface area contributed by atoms with Crippen LogP contribution in [0.3, 0.4) is 0 Å². The van der Waals surface area contributed by atoms with Crippen LogP contribution in [-0.4, -0.2) is 24.7 Å². The molecule has 0 unspecified atom stereocenters. The first-order valence-electron chi connectivity index (χ1n) is 6.04. The molecule has 1 aliphatic heterocycles. The lowest BCUT2D eigenvalue weighted by molar-refractivity contribution is 0.0639. The summed E-state index contributed by atoms with van der Waals surface area (Å²) in [5, 5.41) is 4.67. The topological polar surface area (TPSA) is 34.2 Å². The molecule has 1 aliphatic rings. The highest BCUT2D eigenvalue weighted by molar-refractivity contribution is 7.11. The van der Waals surface area contributed by atoms with Gasteiger partial charge in [0.25, 0.3) is 0 Å². The third-order valence-electron chi connectivity index (χ3n) is 3.02. The van der Waals surface area contributed by atoms with Crippen LogP contribution in [0.1, 0.15) is 29.1 Å². The molecular weight excluding hydrogens is 220 g/mol. The molecule has 0 radical (unpaired) electrons. The predicted molar refractivity (Wildman–Crippen MR) is 66.7 cm³/mol. The molecule has 2 heterocycles. The van der Waals surface area contributed by atoms with Crippen molar-refractivity contribution in [2.75, 3.05) is 19.8 Å². The molecule has 4 heteroatoms. The normalized spacial score (nSPS) is 17.8. The van der Waals surface area contributed by atoms with Gasteiger partial charge in [-0.05, 0) is 38.6 Å². The molecular formula is C12H20N2OS. The highest BCUT2D eigenvalue weighted by atomic mass is 32.1. The minimum atomic E-state index is 0.860. The van der Waals surface area contributed by atoms with E-state index >= 15 is 0 Å². The van der Waals surface area contributed by atoms with Gasteiger partial charge in [-0.25, -0.2) is 4.98 Å². The van der Waals surface area contributed by atoms with Gasteiger partial charge in [-0.2, -0.15) is 0 Å². The average Bonchev–Trinajstić information content (AvgIpc) is 2.72. The van der Waals surface area contributed by atoms with E-state index in [4.69, 9.17) is 4.74 Å². The Hall–Kier alpha value is -0.450. The van der Waals surface area contributed by atoms with Gasteiger partial charge < -0.3 is 10.1 Å². The molecule has 1 saturated heterocycles. The molecule has 0 aromatic carbocycles. The second-order valence-corrected chi connectivity index (χ2v) is 5.71. The number of thiazole rings is 1. The summed E-state index contributed by atoms with van der Waals surface area (Å²) in [6.07, 6.45) is 5.68. The SMILES string of the molecule is Cc1cnc(CNCCC2CCOCC2)s1. The first kappa shape index (κ1) is 12.0. The number of aromatic nitrogens is 1. The second-order valence-electron chi connectivity index (χ2n) is 4.39. The molecule has 1 aromatic rings. The third-order valence-corrected chi connectivity index (χ3v) is 3.93. The molecule has 1 N–H and O–H groups in total. The fraction of sp³-hybridized carbons (Fsp3) is 0.750. The highest BCUT2D eigenvalue weighted by Gasteiger charge is 2.12. The Morgan fingerprint density at radius 2 is 2.31 bits per heavy atom. The van der Waals surface area contributed by atoms with Crippen molar-refractivity contribution in [3.63, 3.8) is 0 Å². The van der Waals surface area contributed by atoms with E-state index in [0.29, 0.717) is 0 Å². The monoisotopic (exact) mass is 240 g/mol. The molecule has 16 heavy (non-hydrogen) atoms. The summed E-state index contributed by atoms with van der Waals surface area (Å²) >= 11 is 1.78. The van der Waals surface area contributed by atoms with Crippen LogP contribution >= 0.6 is 11.3 Å². The van der Waals surface area contributed by atoms with Crippen molar-refractivity contribution in [3.05, 3.63) is 16.1 Å². The molecule has 0 spiro atoms. The summed E-state index contributed by atoms with van der Waals surface area (Å²) in [4.78, 5) is 5.63. The predicted octanol–water partition coefficient (Wildman–Crippen LogP) is 2.36. The maximum Gasteiger partial charge on any atom is 0.107 e. The Labute approximate surface area is 101 Å². The van der Waals surface area contributed by atoms with E-state index in [1.54, 1.807) is 11.3 Å². The van der Waals surface area contributed by atoms with Gasteiger partial charge in [0.1, 0.15) is 5.01 Å². The van der Waals surface area contributed by atoms with Crippen LogP contribution in [0.2, 0.25) is 0 Å². The van der Waals surface area contributed by atoms with Crippen LogP contribution in [0, 0.1) is 12.8 Å². The lowest BCUT2D eigenvalue weighted by Crippen LogP contribution is -2.22. The van der Waals surface area contributed by atoms with E-state index < -0.39 is 0 Å². The van der Waals surface area contributed by atoms with Crippen LogP contribution < -0.4 is 5.32 Å². The van der Waals surface area contributed by atoms with Gasteiger partial charge >= 0.3 is 0 Å². The van der Waals surface area contributed by atoms with E-state index in [2.05, 4.69) is 17.2 Å². The fourth-order valence-electron chi connectivity index (χ4n) is 2.02. The van der Waals surface area contributed by atoms with Gasteiger partial charge in [0.2, 0.25) is 0 Å². The highest BCUT2D eigenvalue weighted by Crippen LogP contribution is 2.17. The lowest BCUT2D eigenvalue weighted by Gasteiger charge is -2.21. The van der Waals surface area contributed by atoms with Crippen LogP contribution in [0.15, 0.2) is 6.20 Å². The number of nitrogens with zero attached hydrogens (tertiary/aromatic N) is 1. The van der Waals surface area contributed by atoms with Crippen LogP contribution in [0.5, 0.6) is 0 Å². The van der Waals surface area contributed by atoms with Gasteiger partial charge in [0.05, 0.1) is 0 Å². The first-order valence-corrected chi connectivity index (χ1v) is 6.86. The second kappa shape index (κ2) is 6.33. The summed E-state index contributed by atoms with van der Waals surface area (Å²) < 4.78 is 5.35. The molecule has 1 aromatic heterocycles. The lowest BCUT2D eigenvalue weighted by atomic mass is 9.97. The number of hydrogen-bond donors (Lipinski definition) is 1. The van der Waals surface area contributed by atoms with E-state index in [0.717, 1.165) is 32.2 Å². The van der Waals surface area contributed by atoms with Crippen molar-refractivity contribution in [1.29, 1.82) is 0 Å². The van der Waals surface area contributed by atoms with Gasteiger partial charge in [-0.3, -0.25) is 0 Å². The molecule has 0 atom stereocenters. The zero-order valence-corrected chi connectivity index (χ0v) is 10.7. The van der Waals surface area contributed by atoms with Crippen LogP contribution in [0.4, 0.5) is 0 Å². The molecule has 0 saturated carbocycles. The van der Waals surface area contributed by atoms with E-state index in [1.807, 2.05) is 6.20 Å². The summed E-state index contributed by atoms with van der Waals surface area (Å²) in [7, 11) is 0. The van der Waals surface area contributed by atoms with Gasteiger partial charge in [-0.1, -0.05) is 0 Å². The van der Waals surface area contributed by atoms with Crippen molar-refractivity contribution in [3.8, 4) is 0 Å². The van der Waals surface area contributed by atoms with Gasteiger partial charge in [0, 0.05) is 30.8 Å². The minimum Gasteiger partial charge on any atom is -0.381 e. The minimum absolute atomic E-state index is 0.860. The van der Waals surface area contributed by atoms with Gasteiger partial charge in [0.15, 0.2) is 0 Å². The number of hydrogen-bond acceptors (Lipinski definition) is 4. The van der Waals surface area contributed by atoms with E-state index in [-0.39, 0.29) is 0 Å². The Bertz CT molecular complexity index is 308. The van der Waals surface area contributed by atoms with Crippen molar-refractivity contribution in [2.45, 2.75) is 32.7 Å². The van der Waals surface area contributed by atoms with Crippen molar-refractivity contribution >= 4 is 11.3 Å². The molecule has 1 fully saturated rings. The Morgan fingerprint density at radius 3 is 3.00 bits per heavy atom. The molecule has 2 rings (SSSR count). The number of nitrogens with one attached hydrogen (secondary N) is 1. The van der Waals surface area contributed by atoms with Crippen molar-refractivity contribution in [1.82, 2.24) is 10.3 Å². The summed E-state index contributed by atoms with van der Waals surface area (Å²) in [5.74, 6) is 0.860. The summed E-state index contributed by atoms with van der Waals surface area (Å²) in [6, 6.07) is 0. The van der Waals surface area contributed by atoms with E-state index in [9.17, 15) is 0 Å². The zero-order valence-electron chi connectivity index (χ0n) is 9.87. The van der Waals surface area contributed by atoms with Crippen LogP contribution in [0.25, 0.3) is 0 Å². The number of rotatable bonds is 5. The first-order chi connectivity index (χ1) is 7.84.